The zero-order valence-corrected chi connectivity index (χ0v) is 13.3. The van der Waals surface area contributed by atoms with E-state index in [1.165, 1.54) is 4.90 Å². The zero-order chi connectivity index (χ0) is 15.8. The summed E-state index contributed by atoms with van der Waals surface area (Å²) in [6.45, 7) is 4.58. The topological polar surface area (TPSA) is 49.9 Å². The number of ether oxygens (including phenoxy) is 1. The van der Waals surface area contributed by atoms with Gasteiger partial charge in [-0.1, -0.05) is 6.92 Å². The molecule has 5 heteroatoms. The molecular formula is C16H24N2O3. The molecule has 1 amide bonds. The normalized spacial score (nSPS) is 10.1. The van der Waals surface area contributed by atoms with Crippen molar-refractivity contribution in [2.24, 2.45) is 0 Å². The van der Waals surface area contributed by atoms with Gasteiger partial charge in [0.25, 0.3) is 5.91 Å². The summed E-state index contributed by atoms with van der Waals surface area (Å²) in [4.78, 5) is 27.5. The molecule has 116 valence electrons. The third kappa shape index (κ3) is 5.10. The lowest BCUT2D eigenvalue weighted by atomic mass is 10.1. The first-order valence-electron chi connectivity index (χ1n) is 7.21. The van der Waals surface area contributed by atoms with Crippen molar-refractivity contribution < 1.29 is 14.3 Å². The number of carbonyl (C=O) groups excluding carboxylic acids is 2. The van der Waals surface area contributed by atoms with Crippen molar-refractivity contribution in [3.63, 3.8) is 0 Å². The fraction of sp³-hybridized carbons (Fsp3) is 0.500. The van der Waals surface area contributed by atoms with Gasteiger partial charge in [0.1, 0.15) is 6.54 Å². The molecule has 0 aliphatic rings. The van der Waals surface area contributed by atoms with Gasteiger partial charge in [-0.25, -0.2) is 0 Å². The molecule has 0 N–H and O–H groups in total. The van der Waals surface area contributed by atoms with Crippen LogP contribution in [0.25, 0.3) is 0 Å². The predicted molar refractivity (Wildman–Crippen MR) is 83.6 cm³/mol. The molecule has 0 aliphatic carbocycles. The maximum Gasteiger partial charge on any atom is 0.325 e. The van der Waals surface area contributed by atoms with Crippen molar-refractivity contribution >= 4 is 17.6 Å². The summed E-state index contributed by atoms with van der Waals surface area (Å²) in [5.74, 6) is -0.514. The van der Waals surface area contributed by atoms with Gasteiger partial charge in [-0.05, 0) is 37.6 Å². The number of hydrogen-bond donors (Lipinski definition) is 0. The van der Waals surface area contributed by atoms with Gasteiger partial charge in [0.15, 0.2) is 0 Å². The molecule has 0 saturated heterocycles. The number of nitrogens with zero attached hydrogens (tertiary/aromatic N) is 2. The van der Waals surface area contributed by atoms with Crippen LogP contribution in [-0.2, 0) is 9.53 Å². The first-order valence-corrected chi connectivity index (χ1v) is 7.21. The van der Waals surface area contributed by atoms with Crippen LogP contribution < -0.4 is 4.90 Å². The maximum atomic E-state index is 12.5. The largest absolute Gasteiger partial charge is 0.465 e. The molecule has 1 aromatic carbocycles. The fourth-order valence-electron chi connectivity index (χ4n) is 1.97. The van der Waals surface area contributed by atoms with Crippen molar-refractivity contribution in [2.75, 3.05) is 38.7 Å². The van der Waals surface area contributed by atoms with Gasteiger partial charge < -0.3 is 14.5 Å². The second-order valence-corrected chi connectivity index (χ2v) is 4.97. The number of anilines is 1. The third-order valence-corrected chi connectivity index (χ3v) is 3.04. The molecule has 0 atom stereocenters. The number of esters is 1. The van der Waals surface area contributed by atoms with Crippen LogP contribution in [-0.4, -0.2) is 50.6 Å². The maximum absolute atomic E-state index is 12.5. The fourth-order valence-corrected chi connectivity index (χ4v) is 1.97. The summed E-state index contributed by atoms with van der Waals surface area (Å²) in [5.41, 5.74) is 1.61. The van der Waals surface area contributed by atoms with Crippen molar-refractivity contribution in [1.29, 1.82) is 0 Å². The smallest absolute Gasteiger partial charge is 0.325 e. The molecule has 0 unspecified atom stereocenters. The van der Waals surface area contributed by atoms with Crippen LogP contribution in [0.2, 0.25) is 0 Å². The molecule has 0 aromatic heterocycles. The highest BCUT2D eigenvalue weighted by Gasteiger charge is 2.18. The van der Waals surface area contributed by atoms with E-state index < -0.39 is 0 Å². The van der Waals surface area contributed by atoms with Crippen molar-refractivity contribution in [3.8, 4) is 0 Å². The number of rotatable bonds is 7. The van der Waals surface area contributed by atoms with E-state index in [1.807, 2.05) is 38.1 Å². The van der Waals surface area contributed by atoms with Crippen LogP contribution in [0.1, 0.15) is 30.6 Å². The Labute approximate surface area is 126 Å². The van der Waals surface area contributed by atoms with E-state index in [9.17, 15) is 9.59 Å². The van der Waals surface area contributed by atoms with Crippen LogP contribution in [0.5, 0.6) is 0 Å². The second kappa shape index (κ2) is 8.29. The first kappa shape index (κ1) is 17.0. The minimum Gasteiger partial charge on any atom is -0.465 e. The molecule has 0 aliphatic heterocycles. The summed E-state index contributed by atoms with van der Waals surface area (Å²) in [7, 11) is 3.89. The summed E-state index contributed by atoms with van der Waals surface area (Å²) in [5, 5.41) is 0. The molecule has 0 spiro atoms. The van der Waals surface area contributed by atoms with Crippen molar-refractivity contribution in [3.05, 3.63) is 29.8 Å². The van der Waals surface area contributed by atoms with E-state index >= 15 is 0 Å². The Balaban J connectivity index is 2.82. The number of amides is 1. The van der Waals surface area contributed by atoms with Gasteiger partial charge in [0.05, 0.1) is 6.61 Å². The molecule has 1 rings (SSSR count). The van der Waals surface area contributed by atoms with Crippen LogP contribution in [0.4, 0.5) is 5.69 Å². The average molecular weight is 292 g/mol. The molecular weight excluding hydrogens is 268 g/mol. The molecule has 1 aromatic rings. The van der Waals surface area contributed by atoms with Crippen LogP contribution in [0.3, 0.4) is 0 Å². The first-order chi connectivity index (χ1) is 9.99. The van der Waals surface area contributed by atoms with Crippen LogP contribution in [0.15, 0.2) is 24.3 Å². The standard InChI is InChI=1S/C16H24N2O3/c1-5-11-18(12-15(19)21-6-2)16(20)13-7-9-14(10-8-13)17(3)4/h7-10H,5-6,11-12H2,1-4H3. The van der Waals surface area contributed by atoms with Gasteiger partial charge in [-0.3, -0.25) is 9.59 Å². The average Bonchev–Trinajstić information content (AvgIpc) is 2.46. The molecule has 5 nitrogen and oxygen atoms in total. The summed E-state index contributed by atoms with van der Waals surface area (Å²) in [6.07, 6.45) is 0.793. The zero-order valence-electron chi connectivity index (χ0n) is 13.3. The van der Waals surface area contributed by atoms with Crippen molar-refractivity contribution in [1.82, 2.24) is 4.90 Å². The molecule has 0 saturated carbocycles. The van der Waals surface area contributed by atoms with Crippen LogP contribution >= 0.6 is 0 Å². The molecule has 0 fully saturated rings. The number of benzene rings is 1. The summed E-state index contributed by atoms with van der Waals surface area (Å²) in [6, 6.07) is 7.35. The Morgan fingerprint density at radius 1 is 1.10 bits per heavy atom. The third-order valence-electron chi connectivity index (χ3n) is 3.04. The van der Waals surface area contributed by atoms with E-state index in [4.69, 9.17) is 4.74 Å². The Bertz CT molecular complexity index is 469. The van der Waals surface area contributed by atoms with E-state index in [2.05, 4.69) is 0 Å². The van der Waals surface area contributed by atoms with Gasteiger partial charge in [-0.15, -0.1) is 0 Å². The van der Waals surface area contributed by atoms with Gasteiger partial charge in [0, 0.05) is 31.9 Å². The number of carbonyl (C=O) groups is 2. The summed E-state index contributed by atoms with van der Waals surface area (Å²) >= 11 is 0. The Morgan fingerprint density at radius 3 is 2.19 bits per heavy atom. The molecule has 0 radical (unpaired) electrons. The summed E-state index contributed by atoms with van der Waals surface area (Å²) < 4.78 is 4.92. The lowest BCUT2D eigenvalue weighted by Gasteiger charge is -2.21. The van der Waals surface area contributed by atoms with Gasteiger partial charge in [-0.2, -0.15) is 0 Å². The van der Waals surface area contributed by atoms with Gasteiger partial charge in [0.2, 0.25) is 0 Å². The molecule has 0 bridgehead atoms. The SMILES string of the molecule is CCCN(CC(=O)OCC)C(=O)c1ccc(N(C)C)cc1. The van der Waals surface area contributed by atoms with Crippen LogP contribution in [0, 0.1) is 0 Å². The lowest BCUT2D eigenvalue weighted by molar-refractivity contribution is -0.143. The Morgan fingerprint density at radius 2 is 1.71 bits per heavy atom. The quantitative estimate of drug-likeness (QED) is 0.723. The minimum atomic E-state index is -0.371. The highest BCUT2D eigenvalue weighted by molar-refractivity contribution is 5.96. The predicted octanol–water partition coefficient (Wildman–Crippen LogP) is 2.17. The Kier molecular flexibility index (Phi) is 6.72. The van der Waals surface area contributed by atoms with E-state index in [1.54, 1.807) is 19.1 Å². The highest BCUT2D eigenvalue weighted by Crippen LogP contribution is 2.14. The number of hydrogen-bond acceptors (Lipinski definition) is 4. The second-order valence-electron chi connectivity index (χ2n) is 4.97. The molecule has 0 heterocycles. The van der Waals surface area contributed by atoms with E-state index in [0.29, 0.717) is 18.7 Å². The van der Waals surface area contributed by atoms with E-state index in [-0.39, 0.29) is 18.4 Å². The van der Waals surface area contributed by atoms with Gasteiger partial charge >= 0.3 is 5.97 Å². The van der Waals surface area contributed by atoms with Crippen molar-refractivity contribution in [2.45, 2.75) is 20.3 Å². The Hall–Kier alpha value is -2.04. The van der Waals surface area contributed by atoms with E-state index in [0.717, 1.165) is 12.1 Å². The monoisotopic (exact) mass is 292 g/mol. The highest BCUT2D eigenvalue weighted by atomic mass is 16.5. The molecule has 21 heavy (non-hydrogen) atoms. The minimum absolute atomic E-state index is 0.00402. The lowest BCUT2D eigenvalue weighted by Crippen LogP contribution is -2.37.